The van der Waals surface area contributed by atoms with Crippen molar-refractivity contribution >= 4 is 0 Å². The fraction of sp³-hybridized carbons (Fsp3) is 1.00. The molecule has 9 heavy (non-hydrogen) atoms. The zero-order valence-electron chi connectivity index (χ0n) is 6.43. The molecule has 0 amide bonds. The Morgan fingerprint density at radius 2 is 1.44 bits per heavy atom. The molecule has 1 saturated heterocycles. The van der Waals surface area contributed by atoms with Crippen LogP contribution in [0.4, 0.5) is 0 Å². The van der Waals surface area contributed by atoms with Gasteiger partial charge in [0.25, 0.3) is 0 Å². The summed E-state index contributed by atoms with van der Waals surface area (Å²) < 4.78 is 0. The third-order valence-electron chi connectivity index (χ3n) is 1.56. The summed E-state index contributed by atoms with van der Waals surface area (Å²) >= 11 is 0. The quantitative estimate of drug-likeness (QED) is 0.516. The fourth-order valence-corrected chi connectivity index (χ4v) is 1.16. The maximum absolute atomic E-state index is 2.34. The van der Waals surface area contributed by atoms with Crippen LogP contribution in [0.25, 0.3) is 0 Å². The third-order valence-corrected chi connectivity index (χ3v) is 1.56. The highest BCUT2D eigenvalue weighted by Gasteiger charge is 2.08. The van der Waals surface area contributed by atoms with Crippen LogP contribution in [-0.4, -0.2) is 43.7 Å². The largest absolute Gasteiger partial charge is 0.344 e. The van der Waals surface area contributed by atoms with Crippen molar-refractivity contribution in [2.24, 2.45) is 0 Å². The molecule has 0 saturated carbocycles. The van der Waals surface area contributed by atoms with Crippen molar-refractivity contribution in [3.8, 4) is 0 Å². The van der Waals surface area contributed by atoms with E-state index in [0.717, 1.165) is 6.67 Å². The summed E-state index contributed by atoms with van der Waals surface area (Å²) in [6.07, 6.45) is 1.33. The molecule has 0 aromatic carbocycles. The van der Waals surface area contributed by atoms with Crippen LogP contribution in [0.2, 0.25) is 0 Å². The molecule has 0 unspecified atom stereocenters. The van der Waals surface area contributed by atoms with E-state index in [9.17, 15) is 0 Å². The second kappa shape index (κ2) is 3.82. The van der Waals surface area contributed by atoms with Crippen LogP contribution >= 0.6 is 0 Å². The van der Waals surface area contributed by atoms with Crippen molar-refractivity contribution in [2.45, 2.75) is 6.42 Å². The van der Waals surface area contributed by atoms with Crippen molar-refractivity contribution in [2.75, 3.05) is 33.9 Å². The Hall–Kier alpha value is -0.120. The van der Waals surface area contributed by atoms with E-state index in [1.54, 1.807) is 0 Å². The summed E-state index contributed by atoms with van der Waals surface area (Å²) in [6, 6.07) is 0. The van der Waals surface area contributed by atoms with Crippen molar-refractivity contribution in [3.05, 3.63) is 0 Å². The average Bonchev–Trinajstić information content (AvgIpc) is 1.64. The lowest BCUT2D eigenvalue weighted by Crippen LogP contribution is -2.40. The van der Waals surface area contributed by atoms with Crippen LogP contribution < -0.4 is 6.15 Å². The van der Waals surface area contributed by atoms with Gasteiger partial charge in [-0.25, -0.2) is 0 Å². The molecular weight excluding hydrogens is 114 g/mol. The molecule has 1 aliphatic rings. The van der Waals surface area contributed by atoms with E-state index in [0.29, 0.717) is 0 Å². The minimum Gasteiger partial charge on any atom is -0.344 e. The van der Waals surface area contributed by atoms with E-state index in [2.05, 4.69) is 23.9 Å². The van der Waals surface area contributed by atoms with Gasteiger partial charge in [0.15, 0.2) is 0 Å². The van der Waals surface area contributed by atoms with E-state index in [1.165, 1.54) is 19.5 Å². The summed E-state index contributed by atoms with van der Waals surface area (Å²) in [7, 11) is 4.32. The van der Waals surface area contributed by atoms with Gasteiger partial charge in [-0.3, -0.25) is 9.80 Å². The first-order valence-electron chi connectivity index (χ1n) is 3.16. The Morgan fingerprint density at radius 3 is 1.67 bits per heavy atom. The molecule has 1 fully saturated rings. The molecule has 1 aliphatic heterocycles. The first kappa shape index (κ1) is 8.88. The van der Waals surface area contributed by atoms with Gasteiger partial charge in [-0.15, -0.1) is 0 Å². The molecule has 0 aromatic rings. The van der Waals surface area contributed by atoms with Gasteiger partial charge in [-0.1, -0.05) is 0 Å². The van der Waals surface area contributed by atoms with Crippen molar-refractivity contribution in [3.63, 3.8) is 0 Å². The number of nitrogens with zero attached hydrogens (tertiary/aromatic N) is 2. The first-order valence-corrected chi connectivity index (χ1v) is 3.16. The lowest BCUT2D eigenvalue weighted by Gasteiger charge is -2.29. The molecule has 0 atom stereocenters. The molecular formula is C6H17N3. The monoisotopic (exact) mass is 131 g/mol. The minimum atomic E-state index is 0. The van der Waals surface area contributed by atoms with Gasteiger partial charge in [-0.05, 0) is 20.5 Å². The SMILES string of the molecule is CN1CCCN(C)C1.N. The van der Waals surface area contributed by atoms with Crippen LogP contribution in [0.3, 0.4) is 0 Å². The highest BCUT2D eigenvalue weighted by molar-refractivity contribution is 4.60. The molecule has 1 heterocycles. The first-order chi connectivity index (χ1) is 3.79. The van der Waals surface area contributed by atoms with Gasteiger partial charge in [0.1, 0.15) is 0 Å². The Bertz CT molecular complexity index is 66.7. The lowest BCUT2D eigenvalue weighted by molar-refractivity contribution is 0.133. The summed E-state index contributed by atoms with van der Waals surface area (Å²) in [6.45, 7) is 3.68. The van der Waals surface area contributed by atoms with E-state index in [1.807, 2.05) is 0 Å². The molecule has 3 heteroatoms. The van der Waals surface area contributed by atoms with E-state index in [-0.39, 0.29) is 6.15 Å². The van der Waals surface area contributed by atoms with Gasteiger partial charge in [0.05, 0.1) is 6.67 Å². The fourth-order valence-electron chi connectivity index (χ4n) is 1.16. The van der Waals surface area contributed by atoms with Crippen LogP contribution in [-0.2, 0) is 0 Å². The summed E-state index contributed by atoms with van der Waals surface area (Å²) in [5, 5.41) is 0. The van der Waals surface area contributed by atoms with Gasteiger partial charge in [-0.2, -0.15) is 0 Å². The molecule has 0 aromatic heterocycles. The zero-order chi connectivity index (χ0) is 5.98. The van der Waals surface area contributed by atoms with Crippen LogP contribution in [0.15, 0.2) is 0 Å². The van der Waals surface area contributed by atoms with Gasteiger partial charge in [0, 0.05) is 13.1 Å². The summed E-state index contributed by atoms with van der Waals surface area (Å²) in [4.78, 5) is 4.67. The third kappa shape index (κ3) is 2.79. The van der Waals surface area contributed by atoms with Crippen LogP contribution in [0.5, 0.6) is 0 Å². The Balaban J connectivity index is 0.000000640. The normalized spacial score (nSPS) is 23.3. The molecule has 3 nitrogen and oxygen atoms in total. The molecule has 3 N–H and O–H groups in total. The molecule has 1 rings (SSSR count). The maximum Gasteiger partial charge on any atom is 0.0500 e. The van der Waals surface area contributed by atoms with Gasteiger partial charge >= 0.3 is 0 Å². The van der Waals surface area contributed by atoms with Crippen LogP contribution in [0.1, 0.15) is 6.42 Å². The number of hydrogen-bond acceptors (Lipinski definition) is 3. The summed E-state index contributed by atoms with van der Waals surface area (Å²) in [5.41, 5.74) is 0. The number of rotatable bonds is 0. The predicted octanol–water partition coefficient (Wildman–Crippen LogP) is 0.373. The lowest BCUT2D eigenvalue weighted by atomic mass is 10.3. The van der Waals surface area contributed by atoms with Crippen molar-refractivity contribution in [1.29, 1.82) is 0 Å². The Morgan fingerprint density at radius 1 is 1.00 bits per heavy atom. The van der Waals surface area contributed by atoms with E-state index >= 15 is 0 Å². The second-order valence-corrected chi connectivity index (χ2v) is 2.65. The van der Waals surface area contributed by atoms with Crippen molar-refractivity contribution in [1.82, 2.24) is 16.0 Å². The second-order valence-electron chi connectivity index (χ2n) is 2.65. The van der Waals surface area contributed by atoms with Crippen LogP contribution in [0, 0.1) is 0 Å². The molecule has 0 radical (unpaired) electrons. The highest BCUT2D eigenvalue weighted by atomic mass is 15.3. The van der Waals surface area contributed by atoms with Gasteiger partial charge in [0.2, 0.25) is 0 Å². The standard InChI is InChI=1S/C6H14N2.H3N/c1-7-4-3-5-8(2)6-7;/h3-6H2,1-2H3;1H3. The zero-order valence-corrected chi connectivity index (χ0v) is 6.43. The Kier molecular flexibility index (Phi) is 3.77. The smallest absolute Gasteiger partial charge is 0.0500 e. The summed E-state index contributed by atoms with van der Waals surface area (Å²) in [5.74, 6) is 0. The molecule has 0 aliphatic carbocycles. The Labute approximate surface area is 57.2 Å². The number of hydrogen-bond donors (Lipinski definition) is 1. The molecule has 0 bridgehead atoms. The van der Waals surface area contributed by atoms with Gasteiger partial charge < -0.3 is 6.15 Å². The maximum atomic E-state index is 2.34. The topological polar surface area (TPSA) is 41.5 Å². The highest BCUT2D eigenvalue weighted by Crippen LogP contribution is 1.98. The molecule has 0 spiro atoms. The average molecular weight is 131 g/mol. The van der Waals surface area contributed by atoms with Crippen molar-refractivity contribution < 1.29 is 0 Å². The minimum absolute atomic E-state index is 0. The van der Waals surface area contributed by atoms with E-state index < -0.39 is 0 Å². The van der Waals surface area contributed by atoms with E-state index in [4.69, 9.17) is 0 Å². The molecule has 56 valence electrons. The predicted molar refractivity (Wildman–Crippen MR) is 39.8 cm³/mol.